The Morgan fingerprint density at radius 1 is 1.14 bits per heavy atom. The molecular weight excluding hydrogens is 468 g/mol. The number of anilines is 1. The van der Waals surface area contributed by atoms with Crippen LogP contribution in [0, 0.1) is 6.92 Å². The van der Waals surface area contributed by atoms with Crippen LogP contribution in [0.25, 0.3) is 38.5 Å². The largest absolute Gasteiger partial charge is 0.469 e. The summed E-state index contributed by atoms with van der Waals surface area (Å²) in [4.78, 5) is 15.0. The molecule has 4 heterocycles. The van der Waals surface area contributed by atoms with Crippen LogP contribution in [-0.4, -0.2) is 27.6 Å². The maximum atomic E-state index is 12.6. The molecule has 184 valence electrons. The van der Waals surface area contributed by atoms with Crippen LogP contribution in [0.1, 0.15) is 38.1 Å². The molecule has 6 rings (SSSR count). The molecule has 0 spiro atoms. The van der Waals surface area contributed by atoms with Gasteiger partial charge in [-0.1, -0.05) is 59.9 Å². The van der Waals surface area contributed by atoms with Gasteiger partial charge in [0.1, 0.15) is 6.04 Å². The van der Waals surface area contributed by atoms with Crippen LogP contribution in [0.4, 0.5) is 5.82 Å². The van der Waals surface area contributed by atoms with Crippen molar-refractivity contribution in [2.75, 3.05) is 12.4 Å². The third kappa shape index (κ3) is 3.53. The van der Waals surface area contributed by atoms with Gasteiger partial charge in [0.15, 0.2) is 5.69 Å². The van der Waals surface area contributed by atoms with E-state index in [9.17, 15) is 4.79 Å². The molecule has 0 bridgehead atoms. The average molecular weight is 500 g/mol. The van der Waals surface area contributed by atoms with E-state index < -0.39 is 0 Å². The van der Waals surface area contributed by atoms with Gasteiger partial charge in [-0.05, 0) is 39.8 Å². The lowest BCUT2D eigenvalue weighted by molar-refractivity contribution is -0.689. The molecular formula is C29H31N4O2S+. The number of fused-ring (bicyclic) bond motifs is 7. The smallest absolute Gasteiger partial charge is 0.349 e. The maximum absolute atomic E-state index is 12.6. The molecule has 6 nitrogen and oxygen atoms in total. The van der Waals surface area contributed by atoms with Crippen molar-refractivity contribution < 1.29 is 14.1 Å². The predicted molar refractivity (Wildman–Crippen MR) is 146 cm³/mol. The highest BCUT2D eigenvalue weighted by Gasteiger charge is 2.42. The van der Waals surface area contributed by atoms with Crippen LogP contribution < -0.4 is 9.88 Å². The van der Waals surface area contributed by atoms with Crippen molar-refractivity contribution >= 4 is 39.0 Å². The van der Waals surface area contributed by atoms with Crippen molar-refractivity contribution in [2.24, 2.45) is 0 Å². The zero-order valence-electron chi connectivity index (χ0n) is 21.3. The molecule has 1 unspecified atom stereocenters. The number of methoxy groups -OCH3 is 1. The summed E-state index contributed by atoms with van der Waals surface area (Å²) >= 11 is 1.78. The highest BCUT2D eigenvalue weighted by Crippen LogP contribution is 2.43. The molecule has 0 amide bonds. The number of ether oxygens (including phenoxy) is 1. The number of para-hydroxylation sites is 1. The Hall–Kier alpha value is -3.58. The number of hydrogen-bond acceptors (Lipinski definition) is 4. The van der Waals surface area contributed by atoms with Gasteiger partial charge in [0, 0.05) is 22.0 Å². The minimum Gasteiger partial charge on any atom is -0.469 e. The number of rotatable bonds is 4. The lowest BCUT2D eigenvalue weighted by atomic mass is 10.1. The molecule has 2 aromatic carbocycles. The van der Waals surface area contributed by atoms with Crippen molar-refractivity contribution in [3.05, 3.63) is 65.5 Å². The van der Waals surface area contributed by atoms with Crippen molar-refractivity contribution in [2.45, 2.75) is 52.2 Å². The molecule has 3 aromatic heterocycles. The van der Waals surface area contributed by atoms with Crippen molar-refractivity contribution in [1.82, 2.24) is 8.97 Å². The molecule has 0 radical (unpaired) electrons. The fourth-order valence-corrected chi connectivity index (χ4v) is 6.67. The molecule has 1 atom stereocenters. The second-order valence-corrected chi connectivity index (χ2v) is 11.7. The van der Waals surface area contributed by atoms with Gasteiger partial charge >= 0.3 is 10.9 Å². The number of imidazole rings is 1. The summed E-state index contributed by atoms with van der Waals surface area (Å²) in [6.45, 7) is 9.46. The lowest BCUT2D eigenvalue weighted by Crippen LogP contribution is -2.47. The number of nitrogens with zero attached hydrogens (tertiary/aromatic N) is 3. The van der Waals surface area contributed by atoms with Gasteiger partial charge in [0.25, 0.3) is 5.82 Å². The van der Waals surface area contributed by atoms with E-state index in [2.05, 4.69) is 107 Å². The molecule has 5 aromatic rings. The summed E-state index contributed by atoms with van der Waals surface area (Å²) in [5.41, 5.74) is 5.66. The summed E-state index contributed by atoms with van der Waals surface area (Å²) in [7, 11) is 1.47. The second-order valence-electron chi connectivity index (χ2n) is 10.6. The van der Waals surface area contributed by atoms with E-state index in [-0.39, 0.29) is 17.6 Å². The van der Waals surface area contributed by atoms with Crippen molar-refractivity contribution in [1.29, 1.82) is 0 Å². The minimum atomic E-state index is -0.195. The molecule has 0 fully saturated rings. The minimum absolute atomic E-state index is 0.0667. The predicted octanol–water partition coefficient (Wildman–Crippen LogP) is 6.21. The third-order valence-corrected chi connectivity index (χ3v) is 7.93. The maximum Gasteiger partial charge on any atom is 0.349 e. The Kier molecular flexibility index (Phi) is 5.23. The number of benzene rings is 2. The quantitative estimate of drug-likeness (QED) is 0.236. The Morgan fingerprint density at radius 3 is 2.58 bits per heavy atom. The first-order chi connectivity index (χ1) is 17.3. The van der Waals surface area contributed by atoms with Gasteiger partial charge < -0.3 is 14.6 Å². The Balaban J connectivity index is 1.74. The molecule has 36 heavy (non-hydrogen) atoms. The van der Waals surface area contributed by atoms with Crippen LogP contribution in [0.15, 0.2) is 60.7 Å². The first kappa shape index (κ1) is 22.9. The van der Waals surface area contributed by atoms with Gasteiger partial charge in [-0.15, -0.1) is 0 Å². The lowest BCUT2D eigenvalue weighted by Gasteiger charge is -2.25. The highest BCUT2D eigenvalue weighted by molar-refractivity contribution is 7.17. The Labute approximate surface area is 214 Å². The average Bonchev–Trinajstić information content (AvgIpc) is 3.47. The van der Waals surface area contributed by atoms with Crippen LogP contribution in [0.5, 0.6) is 0 Å². The molecule has 1 aliphatic rings. The molecule has 1 aliphatic heterocycles. The topological polar surface area (TPSA) is 51.6 Å². The molecule has 0 saturated carbocycles. The summed E-state index contributed by atoms with van der Waals surface area (Å²) in [5.74, 6) is 0.860. The monoisotopic (exact) mass is 499 g/mol. The van der Waals surface area contributed by atoms with Gasteiger partial charge in [0.2, 0.25) is 5.69 Å². The number of hydrogen-bond donors (Lipinski definition) is 1. The molecule has 1 N–H and O–H groups in total. The fraction of sp³-hybridized carbons (Fsp3) is 0.310. The van der Waals surface area contributed by atoms with Crippen LogP contribution in [-0.2, 0) is 16.1 Å². The van der Waals surface area contributed by atoms with Crippen LogP contribution >= 0.6 is 11.3 Å². The zero-order chi connectivity index (χ0) is 25.2. The summed E-state index contributed by atoms with van der Waals surface area (Å²) in [6.07, 6.45) is 0.312. The summed E-state index contributed by atoms with van der Waals surface area (Å²) in [5, 5.41) is 5.05. The van der Waals surface area contributed by atoms with E-state index in [1.165, 1.54) is 34.1 Å². The number of carbonyl (C=O) groups is 1. The first-order valence-electron chi connectivity index (χ1n) is 12.3. The standard InChI is InChI=1S/C29H31N4O2S/c1-18-25(19-11-7-6-8-12-19)33-27(30-29(2,3)4)26-23-15-20-13-9-10-14-22(20)31(23)17-21(16-24(34)35-5)32(26)28(33)36-18/h6-15,21,30H,16-17H2,1-5H3/q+1. The SMILES string of the molecule is COC(=O)CC1Cn2c(cc3ccccc32)-c2c(NC(C)(C)C)n3c(-c4ccccc4)c(C)sc3[n+]21. The normalized spacial score (nSPS) is 15.2. The van der Waals surface area contributed by atoms with Crippen molar-refractivity contribution in [3.63, 3.8) is 0 Å². The van der Waals surface area contributed by atoms with Gasteiger partial charge in [-0.25, -0.2) is 4.57 Å². The highest BCUT2D eigenvalue weighted by atomic mass is 32.1. The molecule has 0 saturated heterocycles. The van der Waals surface area contributed by atoms with Crippen LogP contribution in [0.3, 0.4) is 0 Å². The van der Waals surface area contributed by atoms with E-state index >= 15 is 0 Å². The second kappa shape index (κ2) is 8.23. The number of nitrogens with one attached hydrogen (secondary N) is 1. The van der Waals surface area contributed by atoms with Gasteiger partial charge in [-0.2, -0.15) is 4.40 Å². The van der Waals surface area contributed by atoms with E-state index in [4.69, 9.17) is 4.74 Å². The molecule has 0 aliphatic carbocycles. The number of aromatic nitrogens is 3. The van der Waals surface area contributed by atoms with E-state index in [0.29, 0.717) is 13.0 Å². The van der Waals surface area contributed by atoms with E-state index in [1.807, 2.05) is 0 Å². The van der Waals surface area contributed by atoms with Crippen LogP contribution in [0.2, 0.25) is 0 Å². The number of esters is 1. The fourth-order valence-electron chi connectivity index (χ4n) is 5.47. The Bertz CT molecular complexity index is 1620. The zero-order valence-corrected chi connectivity index (χ0v) is 22.1. The summed E-state index contributed by atoms with van der Waals surface area (Å²) in [6, 6.07) is 21.3. The number of thiazole rings is 1. The summed E-state index contributed by atoms with van der Waals surface area (Å²) < 4.78 is 12.3. The Morgan fingerprint density at radius 2 is 1.86 bits per heavy atom. The van der Waals surface area contributed by atoms with Gasteiger partial charge in [0.05, 0.1) is 30.6 Å². The van der Waals surface area contributed by atoms with Gasteiger partial charge in [-0.3, -0.25) is 4.79 Å². The van der Waals surface area contributed by atoms with E-state index in [1.54, 1.807) is 11.3 Å². The molecule has 7 heteroatoms. The van der Waals surface area contributed by atoms with Crippen molar-refractivity contribution in [3.8, 4) is 22.6 Å². The third-order valence-electron chi connectivity index (χ3n) is 6.87. The number of aryl methyl sites for hydroxylation is 1. The van der Waals surface area contributed by atoms with E-state index in [0.717, 1.165) is 22.2 Å². The first-order valence-corrected chi connectivity index (χ1v) is 13.2. The number of carbonyl (C=O) groups excluding carboxylic acids is 1.